The van der Waals surface area contributed by atoms with Gasteiger partial charge in [-0.3, -0.25) is 0 Å². The Hall–Kier alpha value is -1.81. The van der Waals surface area contributed by atoms with Gasteiger partial charge in [0.05, 0.1) is 12.8 Å². The van der Waals surface area contributed by atoms with Crippen LogP contribution in [0.2, 0.25) is 5.02 Å². The molecule has 0 spiro atoms. The number of hydrogen-bond acceptors (Lipinski definition) is 2. The highest BCUT2D eigenvalue weighted by atomic mass is 35.5. The molecule has 0 aliphatic carbocycles. The maximum absolute atomic E-state index is 13.6. The van der Waals surface area contributed by atoms with E-state index in [1.165, 1.54) is 43.5 Å². The predicted octanol–water partition coefficient (Wildman–Crippen LogP) is 4.24. The number of nitrogens with one attached hydrogen (secondary N) is 1. The average Bonchev–Trinajstić information content (AvgIpc) is 2.41. The largest absolute Gasteiger partial charge is 0.497 e. The van der Waals surface area contributed by atoms with Gasteiger partial charge >= 0.3 is 0 Å². The Kier molecular flexibility index (Phi) is 4.22. The summed E-state index contributed by atoms with van der Waals surface area (Å²) in [5, 5.41) is 3.25. The maximum atomic E-state index is 13.6. The van der Waals surface area contributed by atoms with Gasteiger partial charge in [0.1, 0.15) is 17.4 Å². The van der Waals surface area contributed by atoms with Gasteiger partial charge in [-0.05, 0) is 30.3 Å². The molecule has 2 aromatic rings. The van der Waals surface area contributed by atoms with E-state index in [0.717, 1.165) is 0 Å². The molecule has 5 heteroatoms. The van der Waals surface area contributed by atoms with Crippen molar-refractivity contribution in [1.82, 2.24) is 0 Å². The minimum Gasteiger partial charge on any atom is -0.497 e. The zero-order valence-electron chi connectivity index (χ0n) is 10.2. The molecule has 0 bridgehead atoms. The van der Waals surface area contributed by atoms with E-state index in [-0.39, 0.29) is 18.0 Å². The first-order valence-electron chi connectivity index (χ1n) is 5.61. The molecule has 100 valence electrons. The molecule has 2 rings (SSSR count). The van der Waals surface area contributed by atoms with Crippen LogP contribution in [0.3, 0.4) is 0 Å². The van der Waals surface area contributed by atoms with E-state index < -0.39 is 5.82 Å². The average molecular weight is 284 g/mol. The standard InChI is InChI=1S/C14H12ClF2NO/c1-19-11-3-5-13(17)14(7-11)18-8-9-6-10(15)2-4-12(9)16/h2-7,18H,8H2,1H3. The van der Waals surface area contributed by atoms with Gasteiger partial charge in [0, 0.05) is 23.2 Å². The van der Waals surface area contributed by atoms with Crippen LogP contribution in [-0.4, -0.2) is 7.11 Å². The first-order chi connectivity index (χ1) is 9.10. The lowest BCUT2D eigenvalue weighted by molar-refractivity contribution is 0.414. The summed E-state index contributed by atoms with van der Waals surface area (Å²) < 4.78 is 32.1. The number of anilines is 1. The third kappa shape index (κ3) is 3.35. The number of hydrogen-bond donors (Lipinski definition) is 1. The van der Waals surface area contributed by atoms with Crippen molar-refractivity contribution >= 4 is 17.3 Å². The maximum Gasteiger partial charge on any atom is 0.146 e. The molecule has 0 unspecified atom stereocenters. The Bertz CT molecular complexity index is 590. The van der Waals surface area contributed by atoms with Crippen molar-refractivity contribution in [3.05, 3.63) is 58.6 Å². The molecule has 0 aromatic heterocycles. The molecule has 0 saturated carbocycles. The molecule has 0 fully saturated rings. The van der Waals surface area contributed by atoms with Crippen molar-refractivity contribution in [3.63, 3.8) is 0 Å². The number of rotatable bonds is 4. The number of ether oxygens (including phenoxy) is 1. The Labute approximate surface area is 115 Å². The lowest BCUT2D eigenvalue weighted by Gasteiger charge is -2.10. The Morgan fingerprint density at radius 1 is 1.11 bits per heavy atom. The molecule has 0 amide bonds. The predicted molar refractivity (Wildman–Crippen MR) is 71.7 cm³/mol. The van der Waals surface area contributed by atoms with Crippen LogP contribution in [0.5, 0.6) is 5.75 Å². The third-order valence-corrected chi connectivity index (χ3v) is 2.89. The fourth-order valence-corrected chi connectivity index (χ4v) is 1.83. The summed E-state index contributed by atoms with van der Waals surface area (Å²) in [6.07, 6.45) is 0. The summed E-state index contributed by atoms with van der Waals surface area (Å²) >= 11 is 5.79. The summed E-state index contributed by atoms with van der Waals surface area (Å²) in [5.41, 5.74) is 0.619. The van der Waals surface area contributed by atoms with Crippen LogP contribution >= 0.6 is 11.6 Å². The second-order valence-corrected chi connectivity index (χ2v) is 4.37. The molecule has 0 atom stereocenters. The molecule has 0 saturated heterocycles. The van der Waals surface area contributed by atoms with E-state index >= 15 is 0 Å². The molecule has 0 aliphatic heterocycles. The second-order valence-electron chi connectivity index (χ2n) is 3.94. The highest BCUT2D eigenvalue weighted by molar-refractivity contribution is 6.30. The first-order valence-corrected chi connectivity index (χ1v) is 5.99. The van der Waals surface area contributed by atoms with Crippen LogP contribution in [0.25, 0.3) is 0 Å². The lowest BCUT2D eigenvalue weighted by atomic mass is 10.2. The molecule has 0 aliphatic rings. The molecular weight excluding hydrogens is 272 g/mol. The fourth-order valence-electron chi connectivity index (χ4n) is 1.64. The summed E-state index contributed by atoms with van der Waals surface area (Å²) in [6, 6.07) is 8.56. The quantitative estimate of drug-likeness (QED) is 0.906. The van der Waals surface area contributed by atoms with Crippen LogP contribution in [0.15, 0.2) is 36.4 Å². The SMILES string of the molecule is COc1ccc(F)c(NCc2cc(Cl)ccc2F)c1. The van der Waals surface area contributed by atoms with E-state index in [1.807, 2.05) is 0 Å². The molecule has 19 heavy (non-hydrogen) atoms. The van der Waals surface area contributed by atoms with E-state index in [0.29, 0.717) is 16.3 Å². The molecule has 0 radical (unpaired) electrons. The normalized spacial score (nSPS) is 10.3. The van der Waals surface area contributed by atoms with Crippen LogP contribution in [0.4, 0.5) is 14.5 Å². The number of halogens is 3. The van der Waals surface area contributed by atoms with Gasteiger partial charge in [-0.25, -0.2) is 8.78 Å². The summed E-state index contributed by atoms with van der Waals surface area (Å²) in [6.45, 7) is 0.135. The van der Waals surface area contributed by atoms with Crippen LogP contribution in [0.1, 0.15) is 5.56 Å². The van der Waals surface area contributed by atoms with Crippen LogP contribution < -0.4 is 10.1 Å². The van der Waals surface area contributed by atoms with Gasteiger partial charge in [0.25, 0.3) is 0 Å². The zero-order chi connectivity index (χ0) is 13.8. The molecule has 2 aromatic carbocycles. The van der Waals surface area contributed by atoms with Crippen molar-refractivity contribution in [3.8, 4) is 5.75 Å². The molecule has 2 nitrogen and oxygen atoms in total. The highest BCUT2D eigenvalue weighted by Gasteiger charge is 2.06. The van der Waals surface area contributed by atoms with Gasteiger partial charge in [0.2, 0.25) is 0 Å². The fraction of sp³-hybridized carbons (Fsp3) is 0.143. The summed E-state index contributed by atoms with van der Waals surface area (Å²) in [4.78, 5) is 0. The monoisotopic (exact) mass is 283 g/mol. The minimum atomic E-state index is -0.428. The summed E-state index contributed by atoms with van der Waals surface area (Å²) in [5.74, 6) is -0.293. The van der Waals surface area contributed by atoms with E-state index in [9.17, 15) is 8.78 Å². The van der Waals surface area contributed by atoms with Crippen molar-refractivity contribution < 1.29 is 13.5 Å². The van der Waals surface area contributed by atoms with E-state index in [2.05, 4.69) is 5.32 Å². The highest BCUT2D eigenvalue weighted by Crippen LogP contribution is 2.22. The Morgan fingerprint density at radius 3 is 2.58 bits per heavy atom. The van der Waals surface area contributed by atoms with Gasteiger partial charge < -0.3 is 10.1 Å². The molecular formula is C14H12ClF2NO. The van der Waals surface area contributed by atoms with Crippen molar-refractivity contribution in [2.75, 3.05) is 12.4 Å². The van der Waals surface area contributed by atoms with E-state index in [1.54, 1.807) is 0 Å². The van der Waals surface area contributed by atoms with Gasteiger partial charge in [-0.15, -0.1) is 0 Å². The number of methoxy groups -OCH3 is 1. The molecule has 0 heterocycles. The van der Waals surface area contributed by atoms with E-state index in [4.69, 9.17) is 16.3 Å². The first kappa shape index (κ1) is 13.6. The lowest BCUT2D eigenvalue weighted by Crippen LogP contribution is -2.03. The third-order valence-electron chi connectivity index (χ3n) is 2.65. The number of benzene rings is 2. The Morgan fingerprint density at radius 2 is 1.84 bits per heavy atom. The zero-order valence-corrected chi connectivity index (χ0v) is 11.0. The topological polar surface area (TPSA) is 21.3 Å². The van der Waals surface area contributed by atoms with Gasteiger partial charge in [-0.1, -0.05) is 11.6 Å². The van der Waals surface area contributed by atoms with Crippen LogP contribution in [0, 0.1) is 11.6 Å². The summed E-state index contributed by atoms with van der Waals surface area (Å²) in [7, 11) is 1.49. The van der Waals surface area contributed by atoms with Crippen LogP contribution in [-0.2, 0) is 6.54 Å². The van der Waals surface area contributed by atoms with Crippen molar-refractivity contribution in [2.24, 2.45) is 0 Å². The van der Waals surface area contributed by atoms with Gasteiger partial charge in [0.15, 0.2) is 0 Å². The van der Waals surface area contributed by atoms with Gasteiger partial charge in [-0.2, -0.15) is 0 Å². The molecule has 1 N–H and O–H groups in total. The van der Waals surface area contributed by atoms with Crippen molar-refractivity contribution in [2.45, 2.75) is 6.54 Å². The smallest absolute Gasteiger partial charge is 0.146 e. The Balaban J connectivity index is 2.16. The van der Waals surface area contributed by atoms with Crippen molar-refractivity contribution in [1.29, 1.82) is 0 Å². The second kappa shape index (κ2) is 5.89. The minimum absolute atomic E-state index is 0.135.